The predicted octanol–water partition coefficient (Wildman–Crippen LogP) is 5.97. The minimum atomic E-state index is 0.658. The van der Waals surface area contributed by atoms with Crippen LogP contribution in [0.5, 0.6) is 0 Å². The minimum Gasteiger partial charge on any atom is -0.371 e. The molecule has 1 aliphatic rings. The summed E-state index contributed by atoms with van der Waals surface area (Å²) in [6, 6.07) is 21.8. The molecule has 0 bridgehead atoms. The second-order valence-electron chi connectivity index (χ2n) is 8.45. The third kappa shape index (κ3) is 4.25. The van der Waals surface area contributed by atoms with Crippen LogP contribution in [0.3, 0.4) is 0 Å². The average Bonchev–Trinajstić information content (AvgIpc) is 2.80. The van der Waals surface area contributed by atoms with E-state index in [1.54, 1.807) is 0 Å². The number of anilines is 1. The monoisotopic (exact) mass is 397 g/mol. The molecule has 0 amide bonds. The highest BCUT2D eigenvalue weighted by atomic mass is 15.1. The lowest BCUT2D eigenvalue weighted by atomic mass is 9.89. The van der Waals surface area contributed by atoms with Gasteiger partial charge in [0.25, 0.3) is 0 Å². The maximum Gasteiger partial charge on any atom is 0.127 e. The number of hydrogen-bond acceptors (Lipinski definition) is 3. The zero-order valence-corrected chi connectivity index (χ0v) is 18.3. The SMILES string of the molecule is C=C(c1ccc(C)c(-c2ccc(N(C)C)nc2)c1)N1CCC(c2ccccc2)CC1. The fourth-order valence-electron chi connectivity index (χ4n) is 4.31. The van der Waals surface area contributed by atoms with Gasteiger partial charge in [0.05, 0.1) is 0 Å². The number of piperidine rings is 1. The van der Waals surface area contributed by atoms with Crippen LogP contribution in [-0.2, 0) is 0 Å². The van der Waals surface area contributed by atoms with Gasteiger partial charge < -0.3 is 9.80 Å². The number of nitrogens with zero attached hydrogens (tertiary/aromatic N) is 3. The maximum atomic E-state index is 4.59. The molecule has 1 saturated heterocycles. The molecule has 3 nitrogen and oxygen atoms in total. The highest BCUT2D eigenvalue weighted by Crippen LogP contribution is 2.33. The summed E-state index contributed by atoms with van der Waals surface area (Å²) in [5.41, 5.74) is 7.43. The first-order chi connectivity index (χ1) is 14.5. The molecule has 4 rings (SSSR count). The second kappa shape index (κ2) is 8.74. The molecule has 1 fully saturated rings. The minimum absolute atomic E-state index is 0.658. The van der Waals surface area contributed by atoms with Gasteiger partial charge in [0.1, 0.15) is 5.82 Å². The first-order valence-corrected chi connectivity index (χ1v) is 10.8. The smallest absolute Gasteiger partial charge is 0.127 e. The number of rotatable bonds is 5. The molecule has 2 heterocycles. The molecule has 0 aliphatic carbocycles. The molecule has 30 heavy (non-hydrogen) atoms. The number of pyridine rings is 1. The Bertz CT molecular complexity index is 998. The number of hydrogen-bond donors (Lipinski definition) is 0. The molecule has 0 atom stereocenters. The van der Waals surface area contributed by atoms with Crippen LogP contribution in [-0.4, -0.2) is 37.1 Å². The van der Waals surface area contributed by atoms with E-state index in [1.165, 1.54) is 35.1 Å². The van der Waals surface area contributed by atoms with Gasteiger partial charge in [-0.1, -0.05) is 49.0 Å². The van der Waals surface area contributed by atoms with E-state index >= 15 is 0 Å². The van der Waals surface area contributed by atoms with Crippen LogP contribution >= 0.6 is 0 Å². The predicted molar refractivity (Wildman–Crippen MR) is 128 cm³/mol. The molecule has 3 aromatic rings. The summed E-state index contributed by atoms with van der Waals surface area (Å²) < 4.78 is 0. The molecule has 0 unspecified atom stereocenters. The Morgan fingerprint density at radius 2 is 1.73 bits per heavy atom. The number of benzene rings is 2. The van der Waals surface area contributed by atoms with Crippen LogP contribution < -0.4 is 4.90 Å². The normalized spacial score (nSPS) is 14.6. The molecule has 1 aromatic heterocycles. The van der Waals surface area contributed by atoms with Crippen LogP contribution in [0.4, 0.5) is 5.82 Å². The summed E-state index contributed by atoms with van der Waals surface area (Å²) in [6.45, 7) is 8.72. The summed E-state index contributed by atoms with van der Waals surface area (Å²) in [4.78, 5) is 9.06. The van der Waals surface area contributed by atoms with Crippen molar-refractivity contribution in [3.63, 3.8) is 0 Å². The van der Waals surface area contributed by atoms with Crippen molar-refractivity contribution >= 4 is 11.5 Å². The van der Waals surface area contributed by atoms with E-state index in [0.29, 0.717) is 5.92 Å². The molecule has 1 aliphatic heterocycles. The van der Waals surface area contributed by atoms with Crippen LogP contribution in [0.15, 0.2) is 73.4 Å². The van der Waals surface area contributed by atoms with Crippen molar-refractivity contribution in [2.45, 2.75) is 25.7 Å². The second-order valence-corrected chi connectivity index (χ2v) is 8.45. The molecule has 2 aromatic carbocycles. The maximum absolute atomic E-state index is 4.59. The fourth-order valence-corrected chi connectivity index (χ4v) is 4.31. The standard InChI is InChI=1S/C27H31N3/c1-20-10-11-24(18-26(20)25-12-13-27(28-19-25)29(3)4)21(2)30-16-14-23(15-17-30)22-8-6-5-7-9-22/h5-13,18-19,23H,2,14-17H2,1,3-4H3. The third-order valence-corrected chi connectivity index (χ3v) is 6.24. The molecular weight excluding hydrogens is 366 g/mol. The van der Waals surface area contributed by atoms with Crippen molar-refractivity contribution in [3.8, 4) is 11.1 Å². The summed E-state index contributed by atoms with van der Waals surface area (Å²) in [5.74, 6) is 1.63. The lowest BCUT2D eigenvalue weighted by molar-refractivity contribution is 0.299. The molecular formula is C27H31N3. The summed E-state index contributed by atoms with van der Waals surface area (Å²) in [6.07, 6.45) is 4.32. The molecule has 0 saturated carbocycles. The Kier molecular flexibility index (Phi) is 5.89. The Balaban J connectivity index is 1.49. The summed E-state index contributed by atoms with van der Waals surface area (Å²) in [5, 5.41) is 0. The van der Waals surface area contributed by atoms with Crippen molar-refractivity contribution in [2.24, 2.45) is 0 Å². The van der Waals surface area contributed by atoms with E-state index in [9.17, 15) is 0 Å². The van der Waals surface area contributed by atoms with E-state index in [-0.39, 0.29) is 0 Å². The Labute approximate surface area is 180 Å². The van der Waals surface area contributed by atoms with Crippen LogP contribution in [0, 0.1) is 6.92 Å². The van der Waals surface area contributed by atoms with Crippen LogP contribution in [0.1, 0.15) is 35.4 Å². The first-order valence-electron chi connectivity index (χ1n) is 10.8. The first kappa shape index (κ1) is 20.2. The van der Waals surface area contributed by atoms with Gasteiger partial charge >= 0.3 is 0 Å². The Morgan fingerprint density at radius 1 is 1.00 bits per heavy atom. The lowest BCUT2D eigenvalue weighted by Crippen LogP contribution is -2.31. The van der Waals surface area contributed by atoms with E-state index in [2.05, 4.69) is 84.1 Å². The van der Waals surface area contributed by atoms with Crippen molar-refractivity contribution in [1.29, 1.82) is 0 Å². The quantitative estimate of drug-likeness (QED) is 0.528. The molecule has 0 spiro atoms. The fraction of sp³-hybridized carbons (Fsp3) is 0.296. The van der Waals surface area contributed by atoms with Gasteiger partial charge in [-0.2, -0.15) is 0 Å². The van der Waals surface area contributed by atoms with E-state index in [4.69, 9.17) is 0 Å². The molecule has 3 heteroatoms. The Hall–Kier alpha value is -3.07. The van der Waals surface area contributed by atoms with Crippen LogP contribution in [0.2, 0.25) is 0 Å². The number of aryl methyl sites for hydroxylation is 1. The van der Waals surface area contributed by atoms with E-state index in [0.717, 1.165) is 30.2 Å². The van der Waals surface area contributed by atoms with E-state index < -0.39 is 0 Å². The van der Waals surface area contributed by atoms with Gasteiger partial charge in [-0.25, -0.2) is 4.98 Å². The largest absolute Gasteiger partial charge is 0.371 e. The lowest BCUT2D eigenvalue weighted by Gasteiger charge is -2.35. The molecule has 154 valence electrons. The van der Waals surface area contributed by atoms with Crippen molar-refractivity contribution in [1.82, 2.24) is 9.88 Å². The average molecular weight is 398 g/mol. The summed E-state index contributed by atoms with van der Waals surface area (Å²) in [7, 11) is 4.03. The van der Waals surface area contributed by atoms with Crippen molar-refractivity contribution in [2.75, 3.05) is 32.1 Å². The van der Waals surface area contributed by atoms with Gasteiger partial charge in [0.15, 0.2) is 0 Å². The summed E-state index contributed by atoms with van der Waals surface area (Å²) >= 11 is 0. The molecule has 0 N–H and O–H groups in total. The van der Waals surface area contributed by atoms with Gasteiger partial charge in [-0.05, 0) is 66.1 Å². The topological polar surface area (TPSA) is 19.4 Å². The Morgan fingerprint density at radius 3 is 2.37 bits per heavy atom. The highest BCUT2D eigenvalue weighted by molar-refractivity contribution is 5.73. The zero-order chi connectivity index (χ0) is 21.1. The van der Waals surface area contributed by atoms with Gasteiger partial charge in [-0.15, -0.1) is 0 Å². The highest BCUT2D eigenvalue weighted by Gasteiger charge is 2.22. The number of likely N-dealkylation sites (tertiary alicyclic amines) is 1. The van der Waals surface area contributed by atoms with Crippen LogP contribution in [0.25, 0.3) is 16.8 Å². The van der Waals surface area contributed by atoms with Crippen molar-refractivity contribution in [3.05, 3.63) is 90.1 Å². The number of aromatic nitrogens is 1. The third-order valence-electron chi connectivity index (χ3n) is 6.24. The van der Waals surface area contributed by atoms with Gasteiger partial charge in [0.2, 0.25) is 0 Å². The van der Waals surface area contributed by atoms with Crippen molar-refractivity contribution < 1.29 is 0 Å². The van der Waals surface area contributed by atoms with Gasteiger partial charge in [0, 0.05) is 44.6 Å². The zero-order valence-electron chi connectivity index (χ0n) is 18.3. The van der Waals surface area contributed by atoms with Gasteiger partial charge in [-0.3, -0.25) is 0 Å². The van der Waals surface area contributed by atoms with E-state index in [1.807, 2.05) is 25.2 Å². The molecule has 0 radical (unpaired) electrons.